The molecule has 2 aliphatic rings. The highest BCUT2D eigenvalue weighted by Gasteiger charge is 2.41. The Kier molecular flexibility index (Phi) is 1.95. The number of hydrogen-bond acceptors (Lipinski definition) is 1. The van der Waals surface area contributed by atoms with Crippen molar-refractivity contribution < 1.29 is 0 Å². The van der Waals surface area contributed by atoms with Crippen LogP contribution in [0.25, 0.3) is 0 Å². The summed E-state index contributed by atoms with van der Waals surface area (Å²) in [5.74, 6) is 1.97. The van der Waals surface area contributed by atoms with Gasteiger partial charge in [0.1, 0.15) is 0 Å². The molecule has 1 heterocycles. The SMILES string of the molecule is CC(C)(C)[C@H]1C[C@H]2CCN[C@H]2C1. The van der Waals surface area contributed by atoms with Gasteiger partial charge in [-0.25, -0.2) is 0 Å². The molecule has 0 amide bonds. The van der Waals surface area contributed by atoms with Gasteiger partial charge in [0, 0.05) is 6.04 Å². The van der Waals surface area contributed by atoms with Crippen molar-refractivity contribution in [3.05, 3.63) is 0 Å². The monoisotopic (exact) mass is 167 g/mol. The van der Waals surface area contributed by atoms with Crippen LogP contribution in [0.1, 0.15) is 40.0 Å². The van der Waals surface area contributed by atoms with Crippen molar-refractivity contribution in [3.8, 4) is 0 Å². The van der Waals surface area contributed by atoms with Gasteiger partial charge in [-0.2, -0.15) is 0 Å². The van der Waals surface area contributed by atoms with Crippen LogP contribution in [0.3, 0.4) is 0 Å². The Morgan fingerprint density at radius 2 is 1.92 bits per heavy atom. The van der Waals surface area contributed by atoms with E-state index < -0.39 is 0 Å². The molecule has 3 atom stereocenters. The Morgan fingerprint density at radius 3 is 2.50 bits per heavy atom. The highest BCUT2D eigenvalue weighted by molar-refractivity contribution is 4.96. The molecule has 1 N–H and O–H groups in total. The standard InChI is InChI=1S/C11H21N/c1-11(2,3)9-6-8-4-5-12-10(8)7-9/h8-10,12H,4-7H2,1-3H3/t8-,9+,10+/m1/s1. The molecule has 0 aromatic heterocycles. The molecule has 1 nitrogen and oxygen atoms in total. The Morgan fingerprint density at radius 1 is 1.17 bits per heavy atom. The van der Waals surface area contributed by atoms with Gasteiger partial charge in [0.2, 0.25) is 0 Å². The maximum absolute atomic E-state index is 3.62. The molecule has 0 aromatic rings. The minimum atomic E-state index is 0.534. The van der Waals surface area contributed by atoms with Crippen LogP contribution in [0.4, 0.5) is 0 Å². The fourth-order valence-electron chi connectivity index (χ4n) is 2.86. The average Bonchev–Trinajstić information content (AvgIpc) is 2.37. The van der Waals surface area contributed by atoms with Gasteiger partial charge in [0.25, 0.3) is 0 Å². The lowest BCUT2D eigenvalue weighted by Crippen LogP contribution is -2.25. The van der Waals surface area contributed by atoms with Crippen LogP contribution < -0.4 is 5.32 Å². The summed E-state index contributed by atoms with van der Waals surface area (Å²) < 4.78 is 0. The minimum Gasteiger partial charge on any atom is -0.314 e. The summed E-state index contributed by atoms with van der Waals surface area (Å²) in [5.41, 5.74) is 0.534. The Hall–Kier alpha value is -0.0400. The van der Waals surface area contributed by atoms with Gasteiger partial charge in [-0.1, -0.05) is 20.8 Å². The molecule has 0 spiro atoms. The van der Waals surface area contributed by atoms with E-state index in [1.165, 1.54) is 25.8 Å². The van der Waals surface area contributed by atoms with E-state index in [0.717, 1.165) is 17.9 Å². The second-order valence-electron chi connectivity index (χ2n) is 5.64. The smallest absolute Gasteiger partial charge is 0.00987 e. The topological polar surface area (TPSA) is 12.0 Å². The summed E-state index contributed by atoms with van der Waals surface area (Å²) in [7, 11) is 0. The maximum atomic E-state index is 3.62. The first-order chi connectivity index (χ1) is 5.57. The van der Waals surface area contributed by atoms with Crippen molar-refractivity contribution in [2.45, 2.75) is 46.1 Å². The van der Waals surface area contributed by atoms with Crippen LogP contribution in [0.15, 0.2) is 0 Å². The molecular weight excluding hydrogens is 146 g/mol. The zero-order chi connectivity index (χ0) is 8.77. The Labute approximate surface area is 75.9 Å². The molecule has 2 fully saturated rings. The molecular formula is C11H21N. The molecule has 1 saturated heterocycles. The van der Waals surface area contributed by atoms with Crippen LogP contribution in [0.2, 0.25) is 0 Å². The van der Waals surface area contributed by atoms with Crippen LogP contribution >= 0.6 is 0 Å². The molecule has 12 heavy (non-hydrogen) atoms. The summed E-state index contributed by atoms with van der Waals surface area (Å²) in [5, 5.41) is 3.62. The summed E-state index contributed by atoms with van der Waals surface area (Å²) in [6.45, 7) is 8.43. The molecule has 0 radical (unpaired) electrons. The van der Waals surface area contributed by atoms with Crippen molar-refractivity contribution in [2.75, 3.05) is 6.54 Å². The summed E-state index contributed by atoms with van der Waals surface area (Å²) in [6.07, 6.45) is 4.33. The zero-order valence-corrected chi connectivity index (χ0v) is 8.56. The predicted molar refractivity (Wildman–Crippen MR) is 52.1 cm³/mol. The quantitative estimate of drug-likeness (QED) is 0.584. The minimum absolute atomic E-state index is 0.534. The predicted octanol–water partition coefficient (Wildman–Crippen LogP) is 2.42. The fraction of sp³-hybridized carbons (Fsp3) is 1.00. The van der Waals surface area contributed by atoms with Gasteiger partial charge in [0.05, 0.1) is 0 Å². The van der Waals surface area contributed by atoms with E-state index in [-0.39, 0.29) is 0 Å². The van der Waals surface area contributed by atoms with Crippen molar-refractivity contribution >= 4 is 0 Å². The molecule has 70 valence electrons. The van der Waals surface area contributed by atoms with Crippen molar-refractivity contribution in [1.82, 2.24) is 5.32 Å². The van der Waals surface area contributed by atoms with Gasteiger partial charge >= 0.3 is 0 Å². The van der Waals surface area contributed by atoms with Crippen LogP contribution in [0.5, 0.6) is 0 Å². The van der Waals surface area contributed by atoms with Gasteiger partial charge in [-0.3, -0.25) is 0 Å². The summed E-state index contributed by atoms with van der Waals surface area (Å²) >= 11 is 0. The zero-order valence-electron chi connectivity index (χ0n) is 8.56. The molecule has 0 aromatic carbocycles. The molecule has 0 unspecified atom stereocenters. The van der Waals surface area contributed by atoms with Crippen LogP contribution in [-0.2, 0) is 0 Å². The first kappa shape index (κ1) is 8.55. The van der Waals surface area contributed by atoms with E-state index in [4.69, 9.17) is 0 Å². The fourth-order valence-corrected chi connectivity index (χ4v) is 2.86. The van der Waals surface area contributed by atoms with E-state index in [0.29, 0.717) is 5.41 Å². The van der Waals surface area contributed by atoms with Gasteiger partial charge in [-0.05, 0) is 43.1 Å². The average molecular weight is 167 g/mol. The van der Waals surface area contributed by atoms with Crippen LogP contribution in [-0.4, -0.2) is 12.6 Å². The molecule has 1 heteroatoms. The third kappa shape index (κ3) is 1.39. The highest BCUT2D eigenvalue weighted by Crippen LogP contribution is 2.44. The molecule has 2 rings (SSSR count). The van der Waals surface area contributed by atoms with E-state index in [1.807, 2.05) is 0 Å². The van der Waals surface area contributed by atoms with Crippen molar-refractivity contribution in [1.29, 1.82) is 0 Å². The normalized spacial score (nSPS) is 41.8. The number of fused-ring (bicyclic) bond motifs is 1. The first-order valence-electron chi connectivity index (χ1n) is 5.31. The number of hydrogen-bond donors (Lipinski definition) is 1. The lowest BCUT2D eigenvalue weighted by Gasteiger charge is -2.27. The number of nitrogens with one attached hydrogen (secondary N) is 1. The second kappa shape index (κ2) is 2.73. The van der Waals surface area contributed by atoms with Crippen molar-refractivity contribution in [2.24, 2.45) is 17.3 Å². The third-order valence-electron chi connectivity index (χ3n) is 3.84. The van der Waals surface area contributed by atoms with Crippen molar-refractivity contribution in [3.63, 3.8) is 0 Å². The van der Waals surface area contributed by atoms with E-state index in [9.17, 15) is 0 Å². The Bertz CT molecular complexity index is 156. The number of rotatable bonds is 0. The summed E-state index contributed by atoms with van der Waals surface area (Å²) in [6, 6.07) is 0.870. The summed E-state index contributed by atoms with van der Waals surface area (Å²) in [4.78, 5) is 0. The largest absolute Gasteiger partial charge is 0.314 e. The van der Waals surface area contributed by atoms with Crippen LogP contribution in [0, 0.1) is 17.3 Å². The molecule has 1 aliphatic carbocycles. The van der Waals surface area contributed by atoms with E-state index in [2.05, 4.69) is 26.1 Å². The second-order valence-corrected chi connectivity index (χ2v) is 5.64. The maximum Gasteiger partial charge on any atom is 0.00987 e. The van der Waals surface area contributed by atoms with Gasteiger partial charge in [0.15, 0.2) is 0 Å². The molecule has 0 bridgehead atoms. The first-order valence-corrected chi connectivity index (χ1v) is 5.31. The Balaban J connectivity index is 1.99. The molecule has 1 saturated carbocycles. The van der Waals surface area contributed by atoms with E-state index in [1.54, 1.807) is 0 Å². The van der Waals surface area contributed by atoms with Gasteiger partial charge < -0.3 is 5.32 Å². The third-order valence-corrected chi connectivity index (χ3v) is 3.84. The van der Waals surface area contributed by atoms with E-state index >= 15 is 0 Å². The highest BCUT2D eigenvalue weighted by atomic mass is 15.0. The molecule has 1 aliphatic heterocycles. The lowest BCUT2D eigenvalue weighted by atomic mass is 9.79. The lowest BCUT2D eigenvalue weighted by molar-refractivity contribution is 0.234. The van der Waals surface area contributed by atoms with Gasteiger partial charge in [-0.15, -0.1) is 0 Å².